The van der Waals surface area contributed by atoms with Crippen molar-refractivity contribution < 1.29 is 4.79 Å². The van der Waals surface area contributed by atoms with Gasteiger partial charge in [0.15, 0.2) is 0 Å². The van der Waals surface area contributed by atoms with E-state index in [1.165, 1.54) is 12.8 Å². The van der Waals surface area contributed by atoms with E-state index in [1.807, 2.05) is 44.4 Å². The van der Waals surface area contributed by atoms with Gasteiger partial charge in [0.2, 0.25) is 5.91 Å². The van der Waals surface area contributed by atoms with Crippen molar-refractivity contribution in [2.75, 3.05) is 25.0 Å². The zero-order valence-corrected chi connectivity index (χ0v) is 15.2. The van der Waals surface area contributed by atoms with Crippen LogP contribution in [-0.4, -0.2) is 40.4 Å². The zero-order valence-electron chi connectivity index (χ0n) is 15.2. The Hall–Kier alpha value is -2.14. The largest absolute Gasteiger partial charge is 0.348 e. The van der Waals surface area contributed by atoms with E-state index in [1.54, 1.807) is 0 Å². The molecule has 1 atom stereocenters. The van der Waals surface area contributed by atoms with Gasteiger partial charge in [0, 0.05) is 37.0 Å². The molecule has 134 valence electrons. The lowest BCUT2D eigenvalue weighted by molar-refractivity contribution is -0.116. The van der Waals surface area contributed by atoms with E-state index < -0.39 is 0 Å². The number of hydrogen-bond donors (Lipinski definition) is 2. The number of nitrogens with one attached hydrogen (secondary N) is 2. The average molecular weight is 340 g/mol. The lowest BCUT2D eigenvalue weighted by Crippen LogP contribution is -2.35. The fourth-order valence-corrected chi connectivity index (χ4v) is 3.66. The smallest absolute Gasteiger partial charge is 0.224 e. The summed E-state index contributed by atoms with van der Waals surface area (Å²) in [6.07, 6.45) is 7.56. The van der Waals surface area contributed by atoms with Gasteiger partial charge in [-0.15, -0.1) is 0 Å². The van der Waals surface area contributed by atoms with Crippen LogP contribution >= 0.6 is 0 Å². The number of rotatable bonds is 6. The Morgan fingerprint density at radius 2 is 2.16 bits per heavy atom. The van der Waals surface area contributed by atoms with Crippen molar-refractivity contribution in [1.29, 1.82) is 0 Å². The fourth-order valence-electron chi connectivity index (χ4n) is 3.66. The van der Waals surface area contributed by atoms with Gasteiger partial charge in [0.1, 0.15) is 5.82 Å². The lowest BCUT2D eigenvalue weighted by atomic mass is 9.97. The highest BCUT2D eigenvalue weighted by molar-refractivity contribution is 5.92. The van der Waals surface area contributed by atoms with Crippen LogP contribution in [0.15, 0.2) is 30.6 Å². The first-order valence-electron chi connectivity index (χ1n) is 9.21. The maximum Gasteiger partial charge on any atom is 0.224 e. The summed E-state index contributed by atoms with van der Waals surface area (Å²) in [5.74, 6) is 1.70. The molecule has 1 aliphatic rings. The lowest BCUT2D eigenvalue weighted by Gasteiger charge is -2.31. The molecule has 1 aliphatic heterocycles. The molecule has 0 radical (unpaired) electrons. The molecular weight excluding hydrogens is 312 g/mol. The van der Waals surface area contributed by atoms with Crippen molar-refractivity contribution in [1.82, 2.24) is 14.9 Å². The van der Waals surface area contributed by atoms with E-state index in [2.05, 4.69) is 20.2 Å². The summed E-state index contributed by atoms with van der Waals surface area (Å²) < 4.78 is 0. The van der Waals surface area contributed by atoms with Gasteiger partial charge < -0.3 is 15.2 Å². The molecule has 5 nitrogen and oxygen atoms in total. The first-order valence-corrected chi connectivity index (χ1v) is 9.21. The standard InChI is InChI=1S/C20H28N4O/c1-15-6-3-7-16(2)19(15)23-18(25)9-5-13-24-12-4-8-17(14-24)20-21-10-11-22-20/h3,6-7,10-11,17H,4-5,8-9,12-14H2,1-2H3,(H,21,22)(H,23,25). The minimum atomic E-state index is 0.108. The molecule has 1 fully saturated rings. The SMILES string of the molecule is Cc1cccc(C)c1NC(=O)CCCN1CCCC(c2ncc[nH]2)C1. The van der Waals surface area contributed by atoms with Crippen molar-refractivity contribution in [2.24, 2.45) is 0 Å². The van der Waals surface area contributed by atoms with E-state index in [0.29, 0.717) is 12.3 Å². The van der Waals surface area contributed by atoms with Gasteiger partial charge in [-0.2, -0.15) is 0 Å². The molecule has 1 aromatic heterocycles. The molecule has 25 heavy (non-hydrogen) atoms. The molecule has 0 bridgehead atoms. The summed E-state index contributed by atoms with van der Waals surface area (Å²) in [7, 11) is 0. The predicted octanol–water partition coefficient (Wildman–Crippen LogP) is 3.62. The van der Waals surface area contributed by atoms with Crippen LogP contribution in [0, 0.1) is 13.8 Å². The zero-order chi connectivity index (χ0) is 17.6. The molecule has 3 rings (SSSR count). The number of amides is 1. The molecule has 2 N–H and O–H groups in total. The summed E-state index contributed by atoms with van der Waals surface area (Å²) in [4.78, 5) is 22.4. The number of hydrogen-bond acceptors (Lipinski definition) is 3. The number of H-pyrrole nitrogens is 1. The molecule has 5 heteroatoms. The number of aromatic nitrogens is 2. The topological polar surface area (TPSA) is 61.0 Å². The molecule has 2 aromatic rings. The molecule has 0 saturated carbocycles. The third-order valence-electron chi connectivity index (χ3n) is 5.04. The van der Waals surface area contributed by atoms with Crippen LogP contribution in [0.3, 0.4) is 0 Å². The summed E-state index contributed by atoms with van der Waals surface area (Å²) in [5.41, 5.74) is 3.19. The molecule has 1 aromatic carbocycles. The van der Waals surface area contributed by atoms with Crippen LogP contribution in [0.1, 0.15) is 48.6 Å². The number of aromatic amines is 1. The van der Waals surface area contributed by atoms with Crippen LogP contribution in [0.2, 0.25) is 0 Å². The number of benzene rings is 1. The number of imidazole rings is 1. The van der Waals surface area contributed by atoms with Gasteiger partial charge in [0.05, 0.1) is 0 Å². The second-order valence-corrected chi connectivity index (χ2v) is 7.03. The highest BCUT2D eigenvalue weighted by atomic mass is 16.1. The molecule has 2 heterocycles. The van der Waals surface area contributed by atoms with E-state index in [9.17, 15) is 4.79 Å². The Morgan fingerprint density at radius 1 is 1.36 bits per heavy atom. The third-order valence-corrected chi connectivity index (χ3v) is 5.04. The second kappa shape index (κ2) is 8.30. The third kappa shape index (κ3) is 4.69. The van der Waals surface area contributed by atoms with Crippen LogP contribution < -0.4 is 5.32 Å². The van der Waals surface area contributed by atoms with Crippen LogP contribution in [0.25, 0.3) is 0 Å². The summed E-state index contributed by atoms with van der Waals surface area (Å²) in [6, 6.07) is 6.09. The minimum Gasteiger partial charge on any atom is -0.348 e. The highest BCUT2D eigenvalue weighted by Gasteiger charge is 2.22. The number of carbonyl (C=O) groups is 1. The number of piperidine rings is 1. The van der Waals surface area contributed by atoms with Crippen LogP contribution in [-0.2, 0) is 4.79 Å². The molecule has 1 unspecified atom stereocenters. The van der Waals surface area contributed by atoms with Crippen molar-refractivity contribution in [2.45, 2.75) is 45.4 Å². The van der Waals surface area contributed by atoms with Crippen LogP contribution in [0.5, 0.6) is 0 Å². The van der Waals surface area contributed by atoms with Crippen molar-refractivity contribution in [3.8, 4) is 0 Å². The average Bonchev–Trinajstić information content (AvgIpc) is 3.13. The molecule has 0 aliphatic carbocycles. The van der Waals surface area contributed by atoms with E-state index in [4.69, 9.17) is 0 Å². The maximum absolute atomic E-state index is 12.3. The predicted molar refractivity (Wildman–Crippen MR) is 101 cm³/mol. The van der Waals surface area contributed by atoms with Gasteiger partial charge in [-0.25, -0.2) is 4.98 Å². The van der Waals surface area contributed by atoms with Crippen molar-refractivity contribution in [3.63, 3.8) is 0 Å². The Bertz CT molecular complexity index is 675. The normalized spacial score (nSPS) is 18.2. The van der Waals surface area contributed by atoms with Gasteiger partial charge in [-0.05, 0) is 57.3 Å². The number of carbonyl (C=O) groups excluding carboxylic acids is 1. The number of nitrogens with zero attached hydrogens (tertiary/aromatic N) is 2. The number of anilines is 1. The molecule has 1 amide bonds. The summed E-state index contributed by atoms with van der Waals surface area (Å²) in [5, 5.41) is 3.07. The number of para-hydroxylation sites is 1. The van der Waals surface area contributed by atoms with Crippen LogP contribution in [0.4, 0.5) is 5.69 Å². The summed E-state index contributed by atoms with van der Waals surface area (Å²) in [6.45, 7) is 7.19. The first kappa shape index (κ1) is 17.7. The Morgan fingerprint density at radius 3 is 2.88 bits per heavy atom. The Labute approximate surface area is 149 Å². The summed E-state index contributed by atoms with van der Waals surface area (Å²) >= 11 is 0. The quantitative estimate of drug-likeness (QED) is 0.844. The van der Waals surface area contributed by atoms with Gasteiger partial charge in [-0.3, -0.25) is 4.79 Å². The fraction of sp³-hybridized carbons (Fsp3) is 0.500. The van der Waals surface area contributed by atoms with E-state index in [0.717, 1.165) is 48.7 Å². The Balaban J connectivity index is 1.44. The Kier molecular flexibility index (Phi) is 5.87. The minimum absolute atomic E-state index is 0.108. The van der Waals surface area contributed by atoms with E-state index >= 15 is 0 Å². The molecule has 1 saturated heterocycles. The van der Waals surface area contributed by atoms with E-state index in [-0.39, 0.29) is 5.91 Å². The van der Waals surface area contributed by atoms with Gasteiger partial charge >= 0.3 is 0 Å². The number of aryl methyl sites for hydroxylation is 2. The highest BCUT2D eigenvalue weighted by Crippen LogP contribution is 2.24. The maximum atomic E-state index is 12.3. The first-order chi connectivity index (χ1) is 12.1. The molecular formula is C20H28N4O. The van der Waals surface area contributed by atoms with Gasteiger partial charge in [0.25, 0.3) is 0 Å². The molecule has 0 spiro atoms. The van der Waals surface area contributed by atoms with Gasteiger partial charge in [-0.1, -0.05) is 18.2 Å². The van der Waals surface area contributed by atoms with Crippen molar-refractivity contribution in [3.05, 3.63) is 47.5 Å². The van der Waals surface area contributed by atoms with Crippen molar-refractivity contribution >= 4 is 11.6 Å². The number of likely N-dealkylation sites (tertiary alicyclic amines) is 1. The monoisotopic (exact) mass is 340 g/mol. The second-order valence-electron chi connectivity index (χ2n) is 7.03.